The number of sulfonamides is 1. The first kappa shape index (κ1) is 17.7. The van der Waals surface area contributed by atoms with Crippen LogP contribution in [0.2, 0.25) is 5.02 Å². The van der Waals surface area contributed by atoms with Gasteiger partial charge in [0.2, 0.25) is 10.0 Å². The third-order valence-electron chi connectivity index (χ3n) is 3.47. The van der Waals surface area contributed by atoms with E-state index in [1.54, 1.807) is 0 Å². The summed E-state index contributed by atoms with van der Waals surface area (Å²) in [6.07, 6.45) is 0.572. The van der Waals surface area contributed by atoms with E-state index < -0.39 is 15.8 Å². The van der Waals surface area contributed by atoms with Crippen LogP contribution in [0.25, 0.3) is 0 Å². The quantitative estimate of drug-likeness (QED) is 0.896. The maximum Gasteiger partial charge on any atom is 0.246 e. The third kappa shape index (κ3) is 3.26. The SMILES string of the molecule is CC1CN(S(=O)(=O)c2cccc(Cl)c2F)CCC1N.Cl. The van der Waals surface area contributed by atoms with Gasteiger partial charge in [0.25, 0.3) is 0 Å². The van der Waals surface area contributed by atoms with Crippen LogP contribution in [0, 0.1) is 11.7 Å². The first-order chi connectivity index (χ1) is 8.84. The van der Waals surface area contributed by atoms with E-state index in [2.05, 4.69) is 0 Å². The average Bonchev–Trinajstić information content (AvgIpc) is 2.35. The highest BCUT2D eigenvalue weighted by Crippen LogP contribution is 2.27. The fourth-order valence-corrected chi connectivity index (χ4v) is 4.04. The third-order valence-corrected chi connectivity index (χ3v) is 5.64. The van der Waals surface area contributed by atoms with Crippen molar-refractivity contribution >= 4 is 34.0 Å². The van der Waals surface area contributed by atoms with Gasteiger partial charge in [-0.2, -0.15) is 4.31 Å². The summed E-state index contributed by atoms with van der Waals surface area (Å²) in [5.41, 5.74) is 5.86. The first-order valence-corrected chi connectivity index (χ1v) is 7.85. The van der Waals surface area contributed by atoms with Crippen molar-refractivity contribution in [2.75, 3.05) is 13.1 Å². The highest BCUT2D eigenvalue weighted by Gasteiger charge is 2.33. The lowest BCUT2D eigenvalue weighted by atomic mass is 9.96. The summed E-state index contributed by atoms with van der Waals surface area (Å²) < 4.78 is 39.9. The Balaban J connectivity index is 0.00000200. The maximum absolute atomic E-state index is 13.9. The molecule has 4 nitrogen and oxygen atoms in total. The molecule has 1 fully saturated rings. The van der Waals surface area contributed by atoms with Crippen LogP contribution in [-0.4, -0.2) is 31.9 Å². The summed E-state index contributed by atoms with van der Waals surface area (Å²) in [5.74, 6) is -0.850. The maximum atomic E-state index is 13.9. The minimum absolute atomic E-state index is 0. The molecule has 1 aromatic rings. The zero-order valence-corrected chi connectivity index (χ0v) is 13.3. The number of benzene rings is 1. The molecule has 0 aliphatic carbocycles. The lowest BCUT2D eigenvalue weighted by Gasteiger charge is -2.34. The molecule has 2 unspecified atom stereocenters. The van der Waals surface area contributed by atoms with Crippen LogP contribution in [-0.2, 0) is 10.0 Å². The van der Waals surface area contributed by atoms with Crippen LogP contribution in [0.1, 0.15) is 13.3 Å². The van der Waals surface area contributed by atoms with Crippen molar-refractivity contribution in [2.24, 2.45) is 11.7 Å². The molecule has 20 heavy (non-hydrogen) atoms. The van der Waals surface area contributed by atoms with Crippen LogP contribution < -0.4 is 5.73 Å². The lowest BCUT2D eigenvalue weighted by molar-refractivity contribution is 0.249. The van der Waals surface area contributed by atoms with Crippen molar-refractivity contribution in [3.8, 4) is 0 Å². The van der Waals surface area contributed by atoms with E-state index in [0.717, 1.165) is 0 Å². The van der Waals surface area contributed by atoms with Gasteiger partial charge in [0.1, 0.15) is 4.90 Å². The second kappa shape index (κ2) is 6.58. The molecular weight excluding hydrogens is 326 g/mol. The van der Waals surface area contributed by atoms with Gasteiger partial charge in [0.15, 0.2) is 5.82 Å². The predicted molar refractivity (Wildman–Crippen MR) is 79.2 cm³/mol. The molecule has 1 aliphatic heterocycles. The topological polar surface area (TPSA) is 63.4 Å². The molecule has 0 saturated carbocycles. The summed E-state index contributed by atoms with van der Waals surface area (Å²) in [6.45, 7) is 2.50. The summed E-state index contributed by atoms with van der Waals surface area (Å²) >= 11 is 5.63. The normalized spacial score (nSPS) is 24.2. The first-order valence-electron chi connectivity index (χ1n) is 6.03. The van der Waals surface area contributed by atoms with E-state index in [9.17, 15) is 12.8 Å². The fourth-order valence-electron chi connectivity index (χ4n) is 2.17. The Morgan fingerprint density at radius 1 is 1.45 bits per heavy atom. The van der Waals surface area contributed by atoms with Crippen molar-refractivity contribution in [3.63, 3.8) is 0 Å². The number of rotatable bonds is 2. The lowest BCUT2D eigenvalue weighted by Crippen LogP contribution is -2.48. The van der Waals surface area contributed by atoms with Crippen molar-refractivity contribution in [1.29, 1.82) is 0 Å². The molecule has 2 N–H and O–H groups in total. The zero-order chi connectivity index (χ0) is 14.2. The predicted octanol–water partition coefficient (Wildman–Crippen LogP) is 2.26. The summed E-state index contributed by atoms with van der Waals surface area (Å²) in [7, 11) is -3.85. The van der Waals surface area contributed by atoms with Gasteiger partial charge in [-0.15, -0.1) is 12.4 Å². The van der Waals surface area contributed by atoms with Gasteiger partial charge in [0.05, 0.1) is 5.02 Å². The number of halogens is 3. The molecular formula is C12H17Cl2FN2O2S. The van der Waals surface area contributed by atoms with E-state index in [4.69, 9.17) is 17.3 Å². The number of hydrogen-bond donors (Lipinski definition) is 1. The number of nitrogens with zero attached hydrogens (tertiary/aromatic N) is 1. The number of nitrogens with two attached hydrogens (primary N) is 1. The molecule has 0 aromatic heterocycles. The molecule has 0 bridgehead atoms. The molecule has 0 spiro atoms. The van der Waals surface area contributed by atoms with Gasteiger partial charge in [0, 0.05) is 19.1 Å². The molecule has 114 valence electrons. The Labute approximate surface area is 129 Å². The van der Waals surface area contributed by atoms with E-state index in [1.807, 2.05) is 6.92 Å². The van der Waals surface area contributed by atoms with E-state index in [0.29, 0.717) is 19.5 Å². The van der Waals surface area contributed by atoms with Gasteiger partial charge < -0.3 is 5.73 Å². The monoisotopic (exact) mass is 342 g/mol. The van der Waals surface area contributed by atoms with Crippen molar-refractivity contribution in [3.05, 3.63) is 29.0 Å². The van der Waals surface area contributed by atoms with Gasteiger partial charge >= 0.3 is 0 Å². The molecule has 0 amide bonds. The van der Waals surface area contributed by atoms with Crippen LogP contribution in [0.5, 0.6) is 0 Å². The Hall–Kier alpha value is -0.400. The molecule has 1 aliphatic rings. The molecule has 1 heterocycles. The van der Waals surface area contributed by atoms with Crippen LogP contribution in [0.15, 0.2) is 23.1 Å². The molecule has 2 rings (SSSR count). The molecule has 1 aromatic carbocycles. The number of hydrogen-bond acceptors (Lipinski definition) is 3. The zero-order valence-electron chi connectivity index (χ0n) is 10.9. The Morgan fingerprint density at radius 3 is 2.70 bits per heavy atom. The van der Waals surface area contributed by atoms with Gasteiger partial charge in [-0.1, -0.05) is 24.6 Å². The second-order valence-electron chi connectivity index (χ2n) is 4.84. The minimum atomic E-state index is -3.85. The second-order valence-corrected chi connectivity index (χ2v) is 7.16. The standard InChI is InChI=1S/C12H16ClFN2O2S.ClH/c1-8-7-16(6-5-10(8)15)19(17,18)11-4-2-3-9(13)12(11)14;/h2-4,8,10H,5-7,15H2,1H3;1H. The minimum Gasteiger partial charge on any atom is -0.327 e. The smallest absolute Gasteiger partial charge is 0.246 e. The Kier molecular flexibility index (Phi) is 5.80. The molecule has 2 atom stereocenters. The van der Waals surface area contributed by atoms with Crippen molar-refractivity contribution in [2.45, 2.75) is 24.3 Å². The summed E-state index contributed by atoms with van der Waals surface area (Å²) in [4.78, 5) is -0.373. The largest absolute Gasteiger partial charge is 0.327 e. The molecule has 8 heteroatoms. The van der Waals surface area contributed by atoms with E-state index in [-0.39, 0.29) is 34.3 Å². The molecule has 0 radical (unpaired) electrons. The van der Waals surface area contributed by atoms with Gasteiger partial charge in [-0.05, 0) is 24.5 Å². The van der Waals surface area contributed by atoms with Gasteiger partial charge in [-0.25, -0.2) is 12.8 Å². The van der Waals surface area contributed by atoms with E-state index >= 15 is 0 Å². The summed E-state index contributed by atoms with van der Waals surface area (Å²) in [5, 5.41) is -0.192. The highest BCUT2D eigenvalue weighted by molar-refractivity contribution is 7.89. The summed E-state index contributed by atoms with van der Waals surface area (Å²) in [6, 6.07) is 3.97. The van der Waals surface area contributed by atoms with Crippen molar-refractivity contribution < 1.29 is 12.8 Å². The Bertz CT molecular complexity index is 583. The van der Waals surface area contributed by atoms with Crippen LogP contribution in [0.4, 0.5) is 4.39 Å². The van der Waals surface area contributed by atoms with E-state index in [1.165, 1.54) is 22.5 Å². The average molecular weight is 343 g/mol. The highest BCUT2D eigenvalue weighted by atomic mass is 35.5. The Morgan fingerprint density at radius 2 is 2.10 bits per heavy atom. The van der Waals surface area contributed by atoms with Crippen LogP contribution in [0.3, 0.4) is 0 Å². The van der Waals surface area contributed by atoms with Crippen molar-refractivity contribution in [1.82, 2.24) is 4.31 Å². The molecule has 1 saturated heterocycles. The fraction of sp³-hybridized carbons (Fsp3) is 0.500. The van der Waals surface area contributed by atoms with Crippen LogP contribution >= 0.6 is 24.0 Å². The number of piperidine rings is 1. The van der Waals surface area contributed by atoms with Gasteiger partial charge in [-0.3, -0.25) is 0 Å².